The number of rotatable bonds is 4. The van der Waals surface area contributed by atoms with E-state index in [1.807, 2.05) is 0 Å². The molecular weight excluding hydrogens is 310 g/mol. The minimum atomic E-state index is -4.72. The molecule has 0 saturated carbocycles. The van der Waals surface area contributed by atoms with Crippen molar-refractivity contribution in [2.75, 3.05) is 5.32 Å². The van der Waals surface area contributed by atoms with Crippen LogP contribution < -0.4 is 10.1 Å². The summed E-state index contributed by atoms with van der Waals surface area (Å²) in [6, 6.07) is 9.37. The van der Waals surface area contributed by atoms with E-state index in [9.17, 15) is 17.6 Å². The van der Waals surface area contributed by atoms with E-state index in [4.69, 9.17) is 11.6 Å². The minimum Gasteiger partial charge on any atom is -0.406 e. The van der Waals surface area contributed by atoms with Crippen LogP contribution in [0.15, 0.2) is 42.5 Å². The minimum absolute atomic E-state index is 0.220. The molecule has 1 N–H and O–H groups in total. The molecule has 0 spiro atoms. The second kappa shape index (κ2) is 6.22. The lowest BCUT2D eigenvalue weighted by Gasteiger charge is -2.10. The molecule has 2 nitrogen and oxygen atoms in total. The maximum atomic E-state index is 13.5. The first kappa shape index (κ1) is 15.4. The molecule has 0 bridgehead atoms. The van der Waals surface area contributed by atoms with Gasteiger partial charge in [0, 0.05) is 11.6 Å². The first-order chi connectivity index (χ1) is 9.83. The highest BCUT2D eigenvalue weighted by molar-refractivity contribution is 6.30. The van der Waals surface area contributed by atoms with Crippen LogP contribution in [0, 0.1) is 5.82 Å². The van der Waals surface area contributed by atoms with Gasteiger partial charge in [-0.1, -0.05) is 23.7 Å². The Morgan fingerprint density at radius 2 is 1.71 bits per heavy atom. The Morgan fingerprint density at radius 3 is 2.33 bits per heavy atom. The van der Waals surface area contributed by atoms with Crippen molar-refractivity contribution < 1.29 is 22.3 Å². The van der Waals surface area contributed by atoms with Crippen LogP contribution in [-0.4, -0.2) is 6.36 Å². The van der Waals surface area contributed by atoms with Gasteiger partial charge in [0.2, 0.25) is 0 Å². The van der Waals surface area contributed by atoms with Gasteiger partial charge in [0.1, 0.15) is 11.6 Å². The fourth-order valence-electron chi connectivity index (χ4n) is 1.64. The normalized spacial score (nSPS) is 11.3. The van der Waals surface area contributed by atoms with Crippen LogP contribution in [0.25, 0.3) is 0 Å². The predicted octanol–water partition coefficient (Wildman–Crippen LogP) is 4.99. The van der Waals surface area contributed by atoms with Crippen LogP contribution in [0.3, 0.4) is 0 Å². The Morgan fingerprint density at radius 1 is 1.05 bits per heavy atom. The summed E-state index contributed by atoms with van der Waals surface area (Å²) in [5, 5.41) is 3.20. The van der Waals surface area contributed by atoms with Gasteiger partial charge >= 0.3 is 6.36 Å². The van der Waals surface area contributed by atoms with Crippen molar-refractivity contribution in [3.05, 3.63) is 58.9 Å². The van der Waals surface area contributed by atoms with E-state index in [0.29, 0.717) is 10.6 Å². The Hall–Kier alpha value is -1.95. The molecule has 0 aliphatic carbocycles. The van der Waals surface area contributed by atoms with Crippen molar-refractivity contribution in [1.82, 2.24) is 0 Å². The summed E-state index contributed by atoms with van der Waals surface area (Å²) in [5.41, 5.74) is 0.891. The van der Waals surface area contributed by atoms with Crippen molar-refractivity contribution in [3.8, 4) is 5.75 Å². The number of nitrogens with one attached hydrogen (secondary N) is 1. The van der Waals surface area contributed by atoms with Gasteiger partial charge < -0.3 is 10.1 Å². The van der Waals surface area contributed by atoms with Gasteiger partial charge in [-0.15, -0.1) is 13.2 Å². The number of benzene rings is 2. The Kier molecular flexibility index (Phi) is 4.57. The van der Waals surface area contributed by atoms with E-state index >= 15 is 0 Å². The van der Waals surface area contributed by atoms with Crippen LogP contribution >= 0.6 is 11.6 Å². The number of hydrogen-bond acceptors (Lipinski definition) is 2. The average molecular weight is 320 g/mol. The molecule has 0 radical (unpaired) electrons. The SMILES string of the molecule is Fc1ccc(Cl)cc1NCc1ccc(OC(F)(F)F)cc1. The Bertz CT molecular complexity index is 613. The topological polar surface area (TPSA) is 21.3 Å². The number of hydrogen-bond donors (Lipinski definition) is 1. The molecule has 2 aromatic carbocycles. The van der Waals surface area contributed by atoms with Crippen LogP contribution in [0.4, 0.5) is 23.2 Å². The first-order valence-corrected chi connectivity index (χ1v) is 6.25. The molecule has 7 heteroatoms. The first-order valence-electron chi connectivity index (χ1n) is 5.87. The van der Waals surface area contributed by atoms with E-state index in [0.717, 1.165) is 0 Å². The molecule has 0 saturated heterocycles. The zero-order valence-electron chi connectivity index (χ0n) is 10.5. The molecule has 2 rings (SSSR count). The quantitative estimate of drug-likeness (QED) is 0.802. The highest BCUT2D eigenvalue weighted by Gasteiger charge is 2.30. The second-order valence-electron chi connectivity index (χ2n) is 4.17. The third-order valence-corrected chi connectivity index (χ3v) is 2.80. The Labute approximate surface area is 123 Å². The lowest BCUT2D eigenvalue weighted by molar-refractivity contribution is -0.274. The highest BCUT2D eigenvalue weighted by Crippen LogP contribution is 2.24. The number of alkyl halides is 3. The molecule has 2 aromatic rings. The average Bonchev–Trinajstić information content (AvgIpc) is 2.40. The molecule has 0 aliphatic rings. The summed E-state index contributed by atoms with van der Waals surface area (Å²) in [4.78, 5) is 0. The summed E-state index contributed by atoms with van der Waals surface area (Å²) in [6.45, 7) is 0.240. The van der Waals surface area contributed by atoms with Crippen molar-refractivity contribution in [2.24, 2.45) is 0 Å². The van der Waals surface area contributed by atoms with Gasteiger partial charge in [-0.3, -0.25) is 0 Å². The number of halogens is 5. The molecule has 0 fully saturated rings. The molecule has 0 aromatic heterocycles. The smallest absolute Gasteiger partial charge is 0.406 e. The second-order valence-corrected chi connectivity index (χ2v) is 4.61. The summed E-state index contributed by atoms with van der Waals surface area (Å²) >= 11 is 5.75. The molecule has 0 amide bonds. The number of anilines is 1. The third kappa shape index (κ3) is 4.82. The molecular formula is C14H10ClF4NO. The van der Waals surface area contributed by atoms with Crippen molar-refractivity contribution in [2.45, 2.75) is 12.9 Å². The monoisotopic (exact) mass is 319 g/mol. The lowest BCUT2D eigenvalue weighted by Crippen LogP contribution is -2.17. The zero-order chi connectivity index (χ0) is 15.5. The molecule has 0 heterocycles. The zero-order valence-corrected chi connectivity index (χ0v) is 11.3. The highest BCUT2D eigenvalue weighted by atomic mass is 35.5. The summed E-state index contributed by atoms with van der Waals surface area (Å²) in [6.07, 6.45) is -4.72. The van der Waals surface area contributed by atoms with Crippen molar-refractivity contribution in [3.63, 3.8) is 0 Å². The molecule has 0 aliphatic heterocycles. The van der Waals surface area contributed by atoms with Crippen LogP contribution in [0.5, 0.6) is 5.75 Å². The largest absolute Gasteiger partial charge is 0.573 e. The van der Waals surface area contributed by atoms with Crippen molar-refractivity contribution >= 4 is 17.3 Å². The van der Waals surface area contributed by atoms with E-state index in [1.54, 1.807) is 0 Å². The molecule has 0 unspecified atom stereocenters. The van der Waals surface area contributed by atoms with Crippen LogP contribution in [0.1, 0.15) is 5.56 Å². The van der Waals surface area contributed by atoms with Gasteiger partial charge in [0.05, 0.1) is 5.69 Å². The molecule has 0 atom stereocenters. The van der Waals surface area contributed by atoms with Gasteiger partial charge in [-0.25, -0.2) is 4.39 Å². The lowest BCUT2D eigenvalue weighted by atomic mass is 10.2. The van der Waals surface area contributed by atoms with E-state index in [1.165, 1.54) is 42.5 Å². The van der Waals surface area contributed by atoms with Crippen LogP contribution in [0.2, 0.25) is 5.02 Å². The fourth-order valence-corrected chi connectivity index (χ4v) is 1.81. The summed E-state index contributed by atoms with van der Waals surface area (Å²) < 4.78 is 53.2. The van der Waals surface area contributed by atoms with Gasteiger partial charge in [0.25, 0.3) is 0 Å². The van der Waals surface area contributed by atoms with E-state index in [-0.39, 0.29) is 18.0 Å². The van der Waals surface area contributed by atoms with Gasteiger partial charge in [0.15, 0.2) is 0 Å². The molecule has 112 valence electrons. The fraction of sp³-hybridized carbons (Fsp3) is 0.143. The standard InChI is InChI=1S/C14H10ClF4NO/c15-10-3-6-12(16)13(7-10)20-8-9-1-4-11(5-2-9)21-14(17,18)19/h1-7,20H,8H2. The van der Waals surface area contributed by atoms with Gasteiger partial charge in [-0.05, 0) is 35.9 Å². The predicted molar refractivity (Wildman–Crippen MR) is 71.9 cm³/mol. The van der Waals surface area contributed by atoms with Crippen LogP contribution in [-0.2, 0) is 6.54 Å². The maximum absolute atomic E-state index is 13.5. The maximum Gasteiger partial charge on any atom is 0.573 e. The number of ether oxygens (including phenoxy) is 1. The van der Waals surface area contributed by atoms with Gasteiger partial charge in [-0.2, -0.15) is 0 Å². The van der Waals surface area contributed by atoms with E-state index in [2.05, 4.69) is 10.1 Å². The summed E-state index contributed by atoms with van der Waals surface area (Å²) in [7, 11) is 0. The third-order valence-electron chi connectivity index (χ3n) is 2.57. The summed E-state index contributed by atoms with van der Waals surface area (Å²) in [5.74, 6) is -0.767. The Balaban J connectivity index is 1.99. The van der Waals surface area contributed by atoms with E-state index < -0.39 is 12.2 Å². The molecule has 21 heavy (non-hydrogen) atoms. The van der Waals surface area contributed by atoms with Crippen molar-refractivity contribution in [1.29, 1.82) is 0 Å².